The van der Waals surface area contributed by atoms with Gasteiger partial charge in [0.15, 0.2) is 12.2 Å². The van der Waals surface area contributed by atoms with Crippen LogP contribution >= 0.6 is 11.6 Å². The predicted molar refractivity (Wildman–Crippen MR) is 135 cm³/mol. The molecule has 1 amide bonds. The number of carboxylic acid groups (broad SMARTS) is 2. The van der Waals surface area contributed by atoms with Crippen LogP contribution in [0.5, 0.6) is 5.75 Å². The first-order valence-electron chi connectivity index (χ1n) is 12.7. The van der Waals surface area contributed by atoms with Gasteiger partial charge in [-0.2, -0.15) is 0 Å². The standard InChI is InChI=1S/C21H28ClN3O3.C4H6O6/c22-18-6-14(20-13(19(18)23)2-1-4-28-20)21(26)24-7-15-16-9-25(10-17(15)16)8-12-3-5-27-11-12;5-1(3(7)8)2(6)4(9)10/h6,12,15-17H,1-5,7-11,23H2,(H,24,26);1-2,5-6H,(H,7,8)(H,9,10)/t12?,15?,16-,17+;. The second kappa shape index (κ2) is 12.0. The van der Waals surface area contributed by atoms with E-state index >= 15 is 0 Å². The smallest absolute Gasteiger partial charge is 0.335 e. The normalized spacial score (nSPS) is 27.1. The SMILES string of the molecule is Nc1c(Cl)cc(C(=O)NCC2[C@H]3CN(CC4CCOC4)C[C@@H]23)c2c1CCCO2.O=C(O)C(O)C(O)C(=O)O. The third kappa shape index (κ3) is 6.32. The van der Waals surface area contributed by atoms with Crippen LogP contribution in [0.1, 0.15) is 28.8 Å². The lowest BCUT2D eigenvalue weighted by atomic mass is 9.99. The van der Waals surface area contributed by atoms with Gasteiger partial charge in [0.05, 0.1) is 29.5 Å². The lowest BCUT2D eigenvalue weighted by molar-refractivity contribution is -0.165. The van der Waals surface area contributed by atoms with Crippen molar-refractivity contribution in [1.82, 2.24) is 10.2 Å². The average Bonchev–Trinajstić information content (AvgIpc) is 3.24. The number of rotatable bonds is 8. The number of aliphatic carboxylic acids is 2. The number of hydrogen-bond acceptors (Lipinski definition) is 9. The predicted octanol–water partition coefficient (Wildman–Crippen LogP) is 0.0687. The molecule has 1 aromatic rings. The highest BCUT2D eigenvalue weighted by Crippen LogP contribution is 2.51. The molecule has 2 saturated heterocycles. The van der Waals surface area contributed by atoms with Crippen LogP contribution in [0.3, 0.4) is 0 Å². The minimum atomic E-state index is -2.27. The minimum Gasteiger partial charge on any atom is -0.492 e. The number of halogens is 1. The molecule has 12 nitrogen and oxygen atoms in total. The molecular formula is C25H34ClN3O9. The van der Waals surface area contributed by atoms with Crippen LogP contribution in [0, 0.1) is 23.7 Å². The van der Waals surface area contributed by atoms with Crippen LogP contribution in [0.4, 0.5) is 5.69 Å². The van der Waals surface area contributed by atoms with Crippen molar-refractivity contribution in [2.24, 2.45) is 23.7 Å². The van der Waals surface area contributed by atoms with Crippen LogP contribution in [-0.4, -0.2) is 101 Å². The molecule has 0 spiro atoms. The fraction of sp³-hybridized carbons (Fsp3) is 0.640. The van der Waals surface area contributed by atoms with E-state index in [4.69, 9.17) is 47.2 Å². The number of anilines is 1. The maximum absolute atomic E-state index is 12.8. The zero-order valence-electron chi connectivity index (χ0n) is 20.8. The van der Waals surface area contributed by atoms with Crippen LogP contribution in [-0.2, 0) is 20.7 Å². The Balaban J connectivity index is 0.000000289. The Morgan fingerprint density at radius 1 is 1.13 bits per heavy atom. The van der Waals surface area contributed by atoms with E-state index in [1.54, 1.807) is 6.07 Å². The molecule has 4 unspecified atom stereocenters. The maximum Gasteiger partial charge on any atom is 0.335 e. The van der Waals surface area contributed by atoms with Gasteiger partial charge in [-0.15, -0.1) is 0 Å². The summed E-state index contributed by atoms with van der Waals surface area (Å²) < 4.78 is 11.3. The number of carbonyl (C=O) groups excluding carboxylic acids is 1. The van der Waals surface area contributed by atoms with E-state index < -0.39 is 24.1 Å². The summed E-state index contributed by atoms with van der Waals surface area (Å²) in [5, 5.41) is 36.1. The molecule has 13 heteroatoms. The van der Waals surface area contributed by atoms with Crippen molar-refractivity contribution in [3.05, 3.63) is 22.2 Å². The van der Waals surface area contributed by atoms with E-state index in [9.17, 15) is 14.4 Å². The summed E-state index contributed by atoms with van der Waals surface area (Å²) in [6, 6.07) is 1.65. The van der Waals surface area contributed by atoms with E-state index in [0.29, 0.717) is 40.5 Å². The highest BCUT2D eigenvalue weighted by Gasteiger charge is 2.55. The number of aliphatic hydroxyl groups excluding tert-OH is 2. The first-order chi connectivity index (χ1) is 18.1. The van der Waals surface area contributed by atoms with Crippen molar-refractivity contribution in [1.29, 1.82) is 0 Å². The molecule has 6 atom stereocenters. The zero-order valence-corrected chi connectivity index (χ0v) is 21.6. The quantitative estimate of drug-likeness (QED) is 0.238. The van der Waals surface area contributed by atoms with Crippen molar-refractivity contribution in [3.8, 4) is 5.75 Å². The van der Waals surface area contributed by atoms with Gasteiger partial charge < -0.3 is 45.9 Å². The second-order valence-corrected chi connectivity index (χ2v) is 10.7. The van der Waals surface area contributed by atoms with Gasteiger partial charge in [-0.25, -0.2) is 9.59 Å². The molecule has 38 heavy (non-hydrogen) atoms. The fourth-order valence-electron chi connectivity index (χ4n) is 5.56. The van der Waals surface area contributed by atoms with Gasteiger partial charge in [0.25, 0.3) is 5.91 Å². The Labute approximate surface area is 224 Å². The van der Waals surface area contributed by atoms with Crippen LogP contribution in [0.25, 0.3) is 0 Å². The molecule has 3 heterocycles. The van der Waals surface area contributed by atoms with Gasteiger partial charge in [-0.1, -0.05) is 11.6 Å². The number of benzene rings is 1. The summed E-state index contributed by atoms with van der Waals surface area (Å²) in [4.78, 5) is 34.9. The number of nitrogen functional groups attached to an aromatic ring is 1. The second-order valence-electron chi connectivity index (χ2n) is 10.3. The number of nitrogens with one attached hydrogen (secondary N) is 1. The van der Waals surface area contributed by atoms with Crippen LogP contribution in [0.15, 0.2) is 6.07 Å². The molecule has 7 N–H and O–H groups in total. The molecule has 0 radical (unpaired) electrons. The first-order valence-corrected chi connectivity index (χ1v) is 13.1. The van der Waals surface area contributed by atoms with Gasteiger partial charge >= 0.3 is 11.9 Å². The number of fused-ring (bicyclic) bond motifs is 2. The van der Waals surface area contributed by atoms with Crippen molar-refractivity contribution < 1.29 is 44.3 Å². The molecule has 0 bridgehead atoms. The molecule has 210 valence electrons. The van der Waals surface area contributed by atoms with Crippen LogP contribution in [0.2, 0.25) is 5.02 Å². The third-order valence-corrected chi connectivity index (χ3v) is 8.04. The number of aliphatic hydroxyl groups is 2. The summed E-state index contributed by atoms with van der Waals surface area (Å²) in [5.74, 6) is -0.273. The molecule has 4 aliphatic rings. The summed E-state index contributed by atoms with van der Waals surface area (Å²) >= 11 is 6.26. The lowest BCUT2D eigenvalue weighted by Gasteiger charge is -2.23. The Hall–Kier alpha value is -2.64. The van der Waals surface area contributed by atoms with Gasteiger partial charge in [-0.05, 0) is 49.0 Å². The zero-order chi connectivity index (χ0) is 27.6. The Bertz CT molecular complexity index is 1040. The van der Waals surface area contributed by atoms with E-state index in [1.165, 1.54) is 13.0 Å². The third-order valence-electron chi connectivity index (χ3n) is 7.73. The van der Waals surface area contributed by atoms with Crippen LogP contribution < -0.4 is 15.8 Å². The van der Waals surface area contributed by atoms with Crippen molar-refractivity contribution in [2.75, 3.05) is 51.7 Å². The summed E-state index contributed by atoms with van der Waals surface area (Å²) in [6.45, 7) is 6.67. The topological polar surface area (TPSA) is 192 Å². The molecular weight excluding hydrogens is 522 g/mol. The highest BCUT2D eigenvalue weighted by atomic mass is 35.5. The average molecular weight is 556 g/mol. The van der Waals surface area contributed by atoms with Crippen molar-refractivity contribution in [2.45, 2.75) is 31.5 Å². The number of piperidine rings is 1. The largest absolute Gasteiger partial charge is 0.492 e. The van der Waals surface area contributed by atoms with Crippen molar-refractivity contribution >= 4 is 35.1 Å². The Kier molecular flexibility index (Phi) is 8.99. The van der Waals surface area contributed by atoms with E-state index in [2.05, 4.69) is 10.2 Å². The summed E-state index contributed by atoms with van der Waals surface area (Å²) in [6.07, 6.45) is -1.64. The number of nitrogens with zero attached hydrogens (tertiary/aromatic N) is 1. The molecule has 1 aliphatic carbocycles. The number of likely N-dealkylation sites (tertiary alicyclic amines) is 1. The Morgan fingerprint density at radius 3 is 2.37 bits per heavy atom. The number of nitrogens with two attached hydrogens (primary N) is 1. The summed E-state index contributed by atoms with van der Waals surface area (Å²) in [7, 11) is 0. The maximum atomic E-state index is 12.8. The van der Waals surface area contributed by atoms with Gasteiger partial charge in [0.2, 0.25) is 0 Å². The fourth-order valence-corrected chi connectivity index (χ4v) is 5.78. The molecule has 1 aromatic carbocycles. The molecule has 3 aliphatic heterocycles. The van der Waals surface area contributed by atoms with E-state index in [-0.39, 0.29) is 5.91 Å². The molecule has 3 fully saturated rings. The van der Waals surface area contributed by atoms with E-state index in [1.807, 2.05) is 0 Å². The highest BCUT2D eigenvalue weighted by molar-refractivity contribution is 6.33. The molecule has 0 aromatic heterocycles. The van der Waals surface area contributed by atoms with Gasteiger partial charge in [0, 0.05) is 38.3 Å². The first kappa shape index (κ1) is 28.4. The monoisotopic (exact) mass is 555 g/mol. The number of amides is 1. The lowest BCUT2D eigenvalue weighted by Crippen LogP contribution is -2.39. The molecule has 5 rings (SSSR count). The number of ether oxygens (including phenoxy) is 2. The molecule has 1 saturated carbocycles. The van der Waals surface area contributed by atoms with Gasteiger partial charge in [0.1, 0.15) is 5.75 Å². The Morgan fingerprint density at radius 2 is 1.79 bits per heavy atom. The minimum absolute atomic E-state index is 0.106. The summed E-state index contributed by atoms with van der Waals surface area (Å²) in [5.41, 5.74) is 8.01. The van der Waals surface area contributed by atoms with Gasteiger partial charge in [-0.3, -0.25) is 4.79 Å². The number of carboxylic acids is 2. The van der Waals surface area contributed by atoms with Crippen molar-refractivity contribution in [3.63, 3.8) is 0 Å². The number of hydrogen-bond donors (Lipinski definition) is 6. The number of carbonyl (C=O) groups is 3. The van der Waals surface area contributed by atoms with E-state index in [0.717, 1.165) is 63.1 Å².